The van der Waals surface area contributed by atoms with Crippen molar-refractivity contribution in [1.82, 2.24) is 10.3 Å². The summed E-state index contributed by atoms with van der Waals surface area (Å²) in [6.07, 6.45) is 0.652. The number of amides is 2. The van der Waals surface area contributed by atoms with Crippen LogP contribution in [0, 0.1) is 0 Å². The fourth-order valence-corrected chi connectivity index (χ4v) is 4.40. The van der Waals surface area contributed by atoms with Gasteiger partial charge in [0.05, 0.1) is 11.3 Å². The number of halogens is 2. The maximum atomic E-state index is 12.3. The number of fused-ring (bicyclic) bond motifs is 1. The SMILES string of the molecule is O=C(CCC(=O)Nc1nc(-c2cc3cc(Cl)ccc3oc2=O)cs1)NCCc1ccccc1Cl. The van der Waals surface area contributed by atoms with Crippen LogP contribution in [0.2, 0.25) is 10.0 Å². The maximum Gasteiger partial charge on any atom is 0.345 e. The summed E-state index contributed by atoms with van der Waals surface area (Å²) in [5.41, 5.74) is 1.49. The largest absolute Gasteiger partial charge is 0.422 e. The highest BCUT2D eigenvalue weighted by Crippen LogP contribution is 2.26. The highest BCUT2D eigenvalue weighted by atomic mass is 35.5. The molecule has 0 aliphatic rings. The number of aromatic nitrogens is 1. The van der Waals surface area contributed by atoms with Gasteiger partial charge >= 0.3 is 5.63 Å². The fraction of sp³-hybridized carbons (Fsp3) is 0.167. The second-order valence-electron chi connectivity index (χ2n) is 7.41. The summed E-state index contributed by atoms with van der Waals surface area (Å²) >= 11 is 13.3. The number of nitrogens with zero attached hydrogens (tertiary/aromatic N) is 1. The van der Waals surface area contributed by atoms with E-state index in [1.54, 1.807) is 35.7 Å². The number of thiazole rings is 1. The summed E-state index contributed by atoms with van der Waals surface area (Å²) in [6.45, 7) is 0.430. The van der Waals surface area contributed by atoms with Crippen LogP contribution in [0.25, 0.3) is 22.2 Å². The Labute approximate surface area is 208 Å². The van der Waals surface area contributed by atoms with Crippen LogP contribution in [0.15, 0.2) is 63.1 Å². The van der Waals surface area contributed by atoms with Crippen LogP contribution >= 0.6 is 34.5 Å². The van der Waals surface area contributed by atoms with Crippen molar-refractivity contribution in [1.29, 1.82) is 0 Å². The van der Waals surface area contributed by atoms with Gasteiger partial charge in [0, 0.05) is 40.2 Å². The van der Waals surface area contributed by atoms with E-state index >= 15 is 0 Å². The molecule has 2 aromatic heterocycles. The fourth-order valence-electron chi connectivity index (χ4n) is 3.26. The van der Waals surface area contributed by atoms with Crippen molar-refractivity contribution in [3.05, 3.63) is 79.9 Å². The minimum absolute atomic E-state index is 0.00342. The van der Waals surface area contributed by atoms with E-state index in [1.165, 1.54) is 11.3 Å². The molecule has 34 heavy (non-hydrogen) atoms. The van der Waals surface area contributed by atoms with Gasteiger partial charge in [0.25, 0.3) is 0 Å². The lowest BCUT2D eigenvalue weighted by Crippen LogP contribution is -2.26. The average Bonchev–Trinajstić information content (AvgIpc) is 3.27. The molecule has 0 aliphatic heterocycles. The molecular weight excluding hydrogens is 497 g/mol. The van der Waals surface area contributed by atoms with Crippen LogP contribution < -0.4 is 16.3 Å². The molecule has 0 saturated heterocycles. The molecule has 2 aromatic carbocycles. The van der Waals surface area contributed by atoms with Gasteiger partial charge in [-0.2, -0.15) is 0 Å². The van der Waals surface area contributed by atoms with Crippen molar-refractivity contribution in [3.63, 3.8) is 0 Å². The summed E-state index contributed by atoms with van der Waals surface area (Å²) in [6, 6.07) is 14.1. The second kappa shape index (κ2) is 10.8. The van der Waals surface area contributed by atoms with Gasteiger partial charge in [0.1, 0.15) is 5.58 Å². The molecule has 4 rings (SSSR count). The second-order valence-corrected chi connectivity index (χ2v) is 9.11. The molecule has 0 fully saturated rings. The zero-order chi connectivity index (χ0) is 24.1. The molecule has 0 bridgehead atoms. The van der Waals surface area contributed by atoms with Crippen molar-refractivity contribution in [2.45, 2.75) is 19.3 Å². The number of carbonyl (C=O) groups excluding carboxylic acids is 2. The molecular formula is C24H19Cl2N3O4S. The predicted octanol–water partition coefficient (Wildman–Crippen LogP) is 5.30. The Balaban J connectivity index is 1.29. The molecule has 0 aliphatic carbocycles. The number of hydrogen-bond donors (Lipinski definition) is 2. The molecule has 0 unspecified atom stereocenters. The first-order valence-electron chi connectivity index (χ1n) is 10.4. The van der Waals surface area contributed by atoms with Crippen LogP contribution in [0.3, 0.4) is 0 Å². The summed E-state index contributed by atoms with van der Waals surface area (Å²) in [5.74, 6) is -0.575. The lowest BCUT2D eigenvalue weighted by atomic mass is 10.1. The summed E-state index contributed by atoms with van der Waals surface area (Å²) in [5, 5.41) is 9.26. The Kier molecular flexibility index (Phi) is 7.62. The van der Waals surface area contributed by atoms with Gasteiger partial charge in [-0.15, -0.1) is 11.3 Å². The van der Waals surface area contributed by atoms with Crippen molar-refractivity contribution in [2.24, 2.45) is 0 Å². The number of benzene rings is 2. The van der Waals surface area contributed by atoms with Crippen LogP contribution in [-0.2, 0) is 16.0 Å². The molecule has 10 heteroatoms. The first-order valence-corrected chi connectivity index (χ1v) is 12.0. The van der Waals surface area contributed by atoms with E-state index in [1.807, 2.05) is 18.2 Å². The summed E-state index contributed by atoms with van der Waals surface area (Å²) in [4.78, 5) is 40.9. The zero-order valence-corrected chi connectivity index (χ0v) is 20.1. The van der Waals surface area contributed by atoms with E-state index in [9.17, 15) is 14.4 Å². The number of nitrogens with one attached hydrogen (secondary N) is 2. The predicted molar refractivity (Wildman–Crippen MR) is 135 cm³/mol. The van der Waals surface area contributed by atoms with E-state index in [4.69, 9.17) is 27.6 Å². The molecule has 0 saturated carbocycles. The van der Waals surface area contributed by atoms with Crippen molar-refractivity contribution in [2.75, 3.05) is 11.9 Å². The Morgan fingerprint density at radius 3 is 2.65 bits per heavy atom. The monoisotopic (exact) mass is 515 g/mol. The molecule has 0 radical (unpaired) electrons. The van der Waals surface area contributed by atoms with E-state index in [-0.39, 0.29) is 30.2 Å². The summed E-state index contributed by atoms with van der Waals surface area (Å²) < 4.78 is 5.34. The number of hydrogen-bond acceptors (Lipinski definition) is 6. The number of anilines is 1. The number of carbonyl (C=O) groups is 2. The van der Waals surface area contributed by atoms with Crippen molar-refractivity contribution < 1.29 is 14.0 Å². The van der Waals surface area contributed by atoms with E-state index in [0.29, 0.717) is 44.8 Å². The van der Waals surface area contributed by atoms with Gasteiger partial charge in [-0.3, -0.25) is 9.59 Å². The standard InChI is InChI=1S/C24H19Cl2N3O4S/c25-16-5-6-20-15(11-16)12-17(23(32)33-20)19-13-34-24(28-19)29-22(31)8-7-21(30)27-10-9-14-3-1-2-4-18(14)26/h1-6,11-13H,7-10H2,(H,27,30)(H,28,29,31). The van der Waals surface area contributed by atoms with E-state index < -0.39 is 5.63 Å². The van der Waals surface area contributed by atoms with Gasteiger partial charge in [-0.1, -0.05) is 41.4 Å². The molecule has 2 amide bonds. The van der Waals surface area contributed by atoms with Gasteiger partial charge in [-0.05, 0) is 42.3 Å². The molecule has 2 N–H and O–H groups in total. The molecule has 0 spiro atoms. The summed E-state index contributed by atoms with van der Waals surface area (Å²) in [7, 11) is 0. The average molecular weight is 516 g/mol. The van der Waals surface area contributed by atoms with E-state index in [0.717, 1.165) is 5.56 Å². The topological polar surface area (TPSA) is 101 Å². The van der Waals surface area contributed by atoms with Crippen LogP contribution in [0.4, 0.5) is 5.13 Å². The third-order valence-corrected chi connectivity index (χ3v) is 6.34. The Bertz CT molecular complexity index is 1420. The smallest absolute Gasteiger partial charge is 0.345 e. The highest BCUT2D eigenvalue weighted by molar-refractivity contribution is 7.14. The quantitative estimate of drug-likeness (QED) is 0.310. The maximum absolute atomic E-state index is 12.3. The van der Waals surface area contributed by atoms with Crippen molar-refractivity contribution in [3.8, 4) is 11.3 Å². The third kappa shape index (κ3) is 6.02. The first-order chi connectivity index (χ1) is 16.4. The Morgan fingerprint density at radius 2 is 1.82 bits per heavy atom. The molecule has 7 nitrogen and oxygen atoms in total. The molecule has 174 valence electrons. The lowest BCUT2D eigenvalue weighted by Gasteiger charge is -2.06. The molecule has 0 atom stereocenters. The molecule has 4 aromatic rings. The first kappa shape index (κ1) is 23.9. The minimum Gasteiger partial charge on any atom is -0.422 e. The van der Waals surface area contributed by atoms with Crippen LogP contribution in [0.5, 0.6) is 0 Å². The normalized spacial score (nSPS) is 10.9. The van der Waals surface area contributed by atoms with Crippen molar-refractivity contribution >= 4 is 62.5 Å². The van der Waals surface area contributed by atoms with E-state index in [2.05, 4.69) is 15.6 Å². The lowest BCUT2D eigenvalue weighted by molar-refractivity contribution is -0.124. The Morgan fingerprint density at radius 1 is 1.03 bits per heavy atom. The zero-order valence-electron chi connectivity index (χ0n) is 17.8. The van der Waals surface area contributed by atoms with Gasteiger partial charge in [-0.25, -0.2) is 9.78 Å². The molecule has 2 heterocycles. The highest BCUT2D eigenvalue weighted by Gasteiger charge is 2.14. The minimum atomic E-state index is -0.536. The third-order valence-electron chi connectivity index (χ3n) is 4.97. The van der Waals surface area contributed by atoms with Gasteiger partial charge in [0.2, 0.25) is 11.8 Å². The van der Waals surface area contributed by atoms with Gasteiger partial charge in [0.15, 0.2) is 5.13 Å². The van der Waals surface area contributed by atoms with Crippen LogP contribution in [0.1, 0.15) is 18.4 Å². The van der Waals surface area contributed by atoms with Gasteiger partial charge < -0.3 is 15.1 Å². The number of rotatable bonds is 8. The van der Waals surface area contributed by atoms with Crippen LogP contribution in [-0.4, -0.2) is 23.3 Å². The Hall–Kier alpha value is -3.20.